The maximum absolute atomic E-state index is 13.6. The lowest BCUT2D eigenvalue weighted by atomic mass is 9.88. The molecule has 3 rings (SSSR count). The molecular weight excluding hydrogens is 263 g/mol. The van der Waals surface area contributed by atoms with Crippen LogP contribution in [0.1, 0.15) is 17.5 Å². The molecule has 1 aliphatic carbocycles. The van der Waals surface area contributed by atoms with E-state index in [9.17, 15) is 13.2 Å². The molecule has 2 aromatic carbocycles. The van der Waals surface area contributed by atoms with Gasteiger partial charge in [-0.05, 0) is 30.4 Å². The van der Waals surface area contributed by atoms with Crippen molar-refractivity contribution in [1.82, 2.24) is 0 Å². The normalized spacial score (nSPS) is 17.6. The molecule has 1 nitrogen and oxygen atoms in total. The Morgan fingerprint density at radius 1 is 0.950 bits per heavy atom. The van der Waals surface area contributed by atoms with Gasteiger partial charge in [-0.1, -0.05) is 24.3 Å². The zero-order valence-corrected chi connectivity index (χ0v) is 10.8. The average molecular weight is 277 g/mol. The predicted molar refractivity (Wildman–Crippen MR) is 72.2 cm³/mol. The first-order valence-electron chi connectivity index (χ1n) is 6.61. The molecule has 0 spiro atoms. The Bertz CT molecular complexity index is 616. The summed E-state index contributed by atoms with van der Waals surface area (Å²) in [6.45, 7) is 0. The highest BCUT2D eigenvalue weighted by molar-refractivity contribution is 5.48. The number of anilines is 1. The van der Waals surface area contributed by atoms with Crippen LogP contribution in [0, 0.1) is 17.5 Å². The molecule has 2 aromatic rings. The van der Waals surface area contributed by atoms with Gasteiger partial charge in [-0.3, -0.25) is 0 Å². The number of halogens is 3. The van der Waals surface area contributed by atoms with E-state index in [2.05, 4.69) is 11.4 Å². The third-order valence-electron chi connectivity index (χ3n) is 3.70. The van der Waals surface area contributed by atoms with Crippen LogP contribution in [0.4, 0.5) is 18.9 Å². The smallest absolute Gasteiger partial charge is 0.152 e. The van der Waals surface area contributed by atoms with Crippen LogP contribution in [0.5, 0.6) is 0 Å². The molecule has 0 radical (unpaired) electrons. The van der Waals surface area contributed by atoms with Gasteiger partial charge in [0.15, 0.2) is 11.6 Å². The van der Waals surface area contributed by atoms with Crippen molar-refractivity contribution < 1.29 is 13.2 Å². The number of benzene rings is 2. The first-order chi connectivity index (χ1) is 9.63. The quantitative estimate of drug-likeness (QED) is 0.872. The minimum absolute atomic E-state index is 0.0423. The van der Waals surface area contributed by atoms with Gasteiger partial charge in [0.05, 0.1) is 0 Å². The topological polar surface area (TPSA) is 12.0 Å². The van der Waals surface area contributed by atoms with E-state index in [4.69, 9.17) is 0 Å². The molecule has 1 unspecified atom stereocenters. The number of hydrogen-bond donors (Lipinski definition) is 1. The Morgan fingerprint density at radius 2 is 1.60 bits per heavy atom. The Hall–Kier alpha value is -1.97. The van der Waals surface area contributed by atoms with Crippen LogP contribution in [0.25, 0.3) is 0 Å². The zero-order valence-electron chi connectivity index (χ0n) is 10.8. The third-order valence-corrected chi connectivity index (χ3v) is 3.70. The minimum Gasteiger partial charge on any atom is -0.377 e. The highest BCUT2D eigenvalue weighted by atomic mass is 19.1. The van der Waals surface area contributed by atoms with E-state index in [1.807, 2.05) is 18.2 Å². The fourth-order valence-electron chi connectivity index (χ4n) is 2.71. The molecule has 0 fully saturated rings. The molecule has 0 amide bonds. The van der Waals surface area contributed by atoms with Crippen LogP contribution in [0.3, 0.4) is 0 Å². The molecule has 20 heavy (non-hydrogen) atoms. The van der Waals surface area contributed by atoms with Crippen molar-refractivity contribution in [3.05, 3.63) is 65.0 Å². The molecular formula is C16H14F3N. The largest absolute Gasteiger partial charge is 0.377 e. The van der Waals surface area contributed by atoms with Gasteiger partial charge in [-0.2, -0.15) is 0 Å². The number of aryl methyl sites for hydroxylation is 1. The minimum atomic E-state index is -0.903. The molecule has 1 aliphatic rings. The van der Waals surface area contributed by atoms with Gasteiger partial charge in [0, 0.05) is 18.2 Å². The molecule has 0 saturated carbocycles. The summed E-state index contributed by atoms with van der Waals surface area (Å²) in [5, 5.41) is 2.87. The van der Waals surface area contributed by atoms with Crippen molar-refractivity contribution in [3.63, 3.8) is 0 Å². The molecule has 0 aliphatic heterocycles. The van der Waals surface area contributed by atoms with E-state index in [0.29, 0.717) is 18.6 Å². The maximum atomic E-state index is 13.6. The summed E-state index contributed by atoms with van der Waals surface area (Å²) in [6.07, 6.45) is 2.39. The molecule has 1 N–H and O–H groups in total. The van der Waals surface area contributed by atoms with Crippen molar-refractivity contribution in [2.24, 2.45) is 0 Å². The number of fused-ring (bicyclic) bond motifs is 1. The van der Waals surface area contributed by atoms with Gasteiger partial charge in [0.25, 0.3) is 0 Å². The molecule has 4 heteroatoms. The van der Waals surface area contributed by atoms with Gasteiger partial charge >= 0.3 is 0 Å². The van der Waals surface area contributed by atoms with Gasteiger partial charge < -0.3 is 5.32 Å². The molecule has 1 atom stereocenters. The third kappa shape index (κ3) is 2.50. The van der Waals surface area contributed by atoms with Crippen LogP contribution in [-0.2, 0) is 12.8 Å². The summed E-state index contributed by atoms with van der Waals surface area (Å²) < 4.78 is 40.1. The van der Waals surface area contributed by atoms with Gasteiger partial charge in [0.2, 0.25) is 0 Å². The predicted octanol–water partition coefficient (Wildman–Crippen LogP) is 4.07. The van der Waals surface area contributed by atoms with Gasteiger partial charge in [-0.15, -0.1) is 0 Å². The van der Waals surface area contributed by atoms with Crippen molar-refractivity contribution in [1.29, 1.82) is 0 Å². The highest BCUT2D eigenvalue weighted by Gasteiger charge is 2.21. The second-order valence-corrected chi connectivity index (χ2v) is 5.10. The Kier molecular flexibility index (Phi) is 3.38. The highest BCUT2D eigenvalue weighted by Crippen LogP contribution is 2.26. The second-order valence-electron chi connectivity index (χ2n) is 5.10. The monoisotopic (exact) mass is 277 g/mol. The summed E-state index contributed by atoms with van der Waals surface area (Å²) >= 11 is 0. The summed E-state index contributed by atoms with van der Waals surface area (Å²) in [4.78, 5) is 0. The van der Waals surface area contributed by atoms with Crippen molar-refractivity contribution in [2.45, 2.75) is 25.3 Å². The maximum Gasteiger partial charge on any atom is 0.152 e. The average Bonchev–Trinajstić information content (AvgIpc) is 2.42. The fourth-order valence-corrected chi connectivity index (χ4v) is 2.71. The van der Waals surface area contributed by atoms with E-state index in [1.165, 1.54) is 11.1 Å². The number of hydrogen-bond acceptors (Lipinski definition) is 1. The fraction of sp³-hybridized carbons (Fsp3) is 0.250. The summed E-state index contributed by atoms with van der Waals surface area (Å²) in [5.41, 5.74) is 2.24. The van der Waals surface area contributed by atoms with Crippen LogP contribution in [0.2, 0.25) is 0 Å². The van der Waals surface area contributed by atoms with Crippen molar-refractivity contribution in [3.8, 4) is 0 Å². The van der Waals surface area contributed by atoms with Crippen LogP contribution >= 0.6 is 0 Å². The lowest BCUT2D eigenvalue weighted by molar-refractivity contribution is 0.536. The van der Waals surface area contributed by atoms with E-state index in [-0.39, 0.29) is 11.7 Å². The van der Waals surface area contributed by atoms with Crippen LogP contribution < -0.4 is 5.32 Å². The van der Waals surface area contributed by atoms with Crippen LogP contribution in [-0.4, -0.2) is 6.04 Å². The van der Waals surface area contributed by atoms with E-state index in [1.54, 1.807) is 0 Å². The Balaban J connectivity index is 1.80. The second kappa shape index (κ2) is 5.19. The molecule has 104 valence electrons. The van der Waals surface area contributed by atoms with Gasteiger partial charge in [-0.25, -0.2) is 13.2 Å². The van der Waals surface area contributed by atoms with E-state index in [0.717, 1.165) is 12.8 Å². The van der Waals surface area contributed by atoms with Crippen molar-refractivity contribution in [2.75, 3.05) is 5.32 Å². The van der Waals surface area contributed by atoms with E-state index >= 15 is 0 Å². The van der Waals surface area contributed by atoms with Gasteiger partial charge in [0.1, 0.15) is 11.5 Å². The number of rotatable bonds is 2. The lowest BCUT2D eigenvalue weighted by Crippen LogP contribution is -2.28. The molecule has 0 bridgehead atoms. The van der Waals surface area contributed by atoms with Crippen molar-refractivity contribution >= 4 is 5.69 Å². The zero-order chi connectivity index (χ0) is 14.1. The number of nitrogens with one attached hydrogen (secondary N) is 1. The first kappa shape index (κ1) is 13.0. The van der Waals surface area contributed by atoms with Crippen LogP contribution in [0.15, 0.2) is 36.4 Å². The first-order valence-corrected chi connectivity index (χ1v) is 6.61. The Morgan fingerprint density at radius 3 is 2.30 bits per heavy atom. The Labute approximate surface area is 115 Å². The lowest BCUT2D eigenvalue weighted by Gasteiger charge is -2.26. The summed E-state index contributed by atoms with van der Waals surface area (Å²) in [7, 11) is 0. The summed E-state index contributed by atoms with van der Waals surface area (Å²) in [6, 6.07) is 9.40. The van der Waals surface area contributed by atoms with E-state index < -0.39 is 17.5 Å². The SMILES string of the molecule is Fc1cc(F)c(NC2CCc3ccccc3C2)c(F)c1. The molecule has 0 saturated heterocycles. The standard InChI is InChI=1S/C16H14F3N/c17-12-8-14(18)16(15(19)9-12)20-13-6-5-10-3-1-2-4-11(10)7-13/h1-4,8-9,13,20H,5-7H2. The molecule has 0 aromatic heterocycles. The summed E-state index contributed by atoms with van der Waals surface area (Å²) in [5.74, 6) is -2.68. The molecule has 0 heterocycles.